The molecule has 0 saturated carbocycles. The van der Waals surface area contributed by atoms with E-state index in [0.717, 1.165) is 6.08 Å². The minimum absolute atomic E-state index is 0. The van der Waals surface area contributed by atoms with Gasteiger partial charge < -0.3 is 39.3 Å². The van der Waals surface area contributed by atoms with Gasteiger partial charge in [-0.25, -0.2) is 11.6 Å². The fraction of sp³-hybridized carbons (Fsp3) is 0.214. The van der Waals surface area contributed by atoms with Crippen molar-refractivity contribution in [1.29, 1.82) is 0 Å². The maximum atomic E-state index is 9.95. The Morgan fingerprint density at radius 2 is 1.90 bits per heavy atom. The Hall–Kier alpha value is 2.04. The number of allylic oxidation sites excluding steroid dienone is 1. The summed E-state index contributed by atoms with van der Waals surface area (Å²) in [7, 11) is 3.16. The Bertz CT molecular complexity index is 388. The summed E-state index contributed by atoms with van der Waals surface area (Å²) >= 11 is 9.33. The average molecular weight is 377 g/mol. The quantitative estimate of drug-likeness (QED) is 0.245. The number of hydrogen-bond acceptors (Lipinski definition) is 4. The van der Waals surface area contributed by atoms with E-state index < -0.39 is 0 Å². The summed E-state index contributed by atoms with van der Waals surface area (Å²) in [6.45, 7) is 3.95. The first kappa shape index (κ1) is 30.9. The number of halogens is 1. The summed E-state index contributed by atoms with van der Waals surface area (Å²) in [5, 5.41) is 0.572. The van der Waals surface area contributed by atoms with Crippen LogP contribution in [-0.4, -0.2) is 33.0 Å². The molecule has 0 aliphatic heterocycles. The molecule has 21 heavy (non-hydrogen) atoms. The van der Waals surface area contributed by atoms with Crippen LogP contribution in [-0.2, 0) is 9.53 Å². The zero-order valence-corrected chi connectivity index (χ0v) is 20.6. The van der Waals surface area contributed by atoms with Gasteiger partial charge in [0.1, 0.15) is 0 Å². The maximum Gasteiger partial charge on any atom is 1.00 e. The monoisotopic (exact) mass is 376 g/mol. The molecule has 1 aromatic carbocycles. The van der Waals surface area contributed by atoms with Gasteiger partial charge in [0, 0.05) is 7.11 Å². The van der Waals surface area contributed by atoms with Crippen molar-refractivity contribution < 1.29 is 117 Å². The van der Waals surface area contributed by atoms with Crippen LogP contribution >= 0.6 is 23.8 Å². The van der Waals surface area contributed by atoms with Gasteiger partial charge in [0.15, 0.2) is 0 Å². The van der Waals surface area contributed by atoms with Crippen molar-refractivity contribution in [2.24, 2.45) is 0 Å². The molecule has 0 bridgehead atoms. The van der Waals surface area contributed by atoms with Crippen molar-refractivity contribution in [2.45, 2.75) is 0 Å². The van der Waals surface area contributed by atoms with Crippen molar-refractivity contribution in [3.8, 4) is 5.75 Å². The molecule has 7 heteroatoms. The molecule has 3 nitrogen and oxygen atoms in total. The molecule has 0 fully saturated rings. The van der Waals surface area contributed by atoms with Crippen LogP contribution < -0.4 is 108 Å². The maximum absolute atomic E-state index is 9.95. The fourth-order valence-corrected chi connectivity index (χ4v) is 1.07. The van der Waals surface area contributed by atoms with Crippen LogP contribution in [0.2, 0.25) is 5.02 Å². The molecule has 0 atom stereocenters. The van der Waals surface area contributed by atoms with Crippen molar-refractivity contribution in [3.63, 3.8) is 0 Å². The van der Waals surface area contributed by atoms with Crippen LogP contribution in [0.1, 0.15) is 5.56 Å². The minimum atomic E-state index is 0. The first-order chi connectivity index (χ1) is 9.19. The van der Waals surface area contributed by atoms with Crippen LogP contribution in [0.25, 0.3) is 0 Å². The first-order valence-electron chi connectivity index (χ1n) is 5.00. The topological polar surface area (TPSA) is 35.5 Å². The zero-order valence-electron chi connectivity index (χ0n) is 12.8. The Morgan fingerprint density at radius 3 is 2.29 bits per heavy atom. The van der Waals surface area contributed by atoms with E-state index in [9.17, 15) is 4.79 Å². The van der Waals surface area contributed by atoms with Crippen molar-refractivity contribution >= 4 is 36.0 Å². The molecule has 1 aromatic rings. The predicted octanol–water partition coefficient (Wildman–Crippen LogP) is -2.87. The molecule has 0 N–H and O–H groups in total. The molecular weight excluding hydrogens is 362 g/mol. The van der Waals surface area contributed by atoms with Crippen LogP contribution in [0.5, 0.6) is 5.75 Å². The van der Waals surface area contributed by atoms with E-state index in [1.807, 2.05) is 0 Å². The molecule has 0 saturated heterocycles. The second-order valence-corrected chi connectivity index (χ2v) is 3.18. The van der Waals surface area contributed by atoms with Gasteiger partial charge in [-0.15, -0.1) is 17.7 Å². The number of carbonyl (C=O) groups excluding carboxylic acids is 1. The number of rotatable bonds is 4. The standard InChI is InChI=1S/C10H7ClO2.C3H7O.CHS.2K/c1-13-10-5-4-9(11)7-8(10)3-2-6-12;1-3-4-2;1-2;;/h2,4-5,7H,1H3;1,3H2,2H3;1H;;/q-2;2*-1;2*+1. The van der Waals surface area contributed by atoms with Gasteiger partial charge in [-0.05, 0) is 17.1 Å². The van der Waals surface area contributed by atoms with Gasteiger partial charge in [-0.2, -0.15) is 6.07 Å². The average Bonchev–Trinajstić information content (AvgIpc) is 2.47. The fourth-order valence-electron chi connectivity index (χ4n) is 0.900. The summed E-state index contributed by atoms with van der Waals surface area (Å²) in [5.74, 6) is 4.70. The van der Waals surface area contributed by atoms with E-state index in [1.54, 1.807) is 38.7 Å². The summed E-state index contributed by atoms with van der Waals surface area (Å²) in [6.07, 6.45) is 5.45. The van der Waals surface area contributed by atoms with E-state index in [2.05, 4.69) is 35.8 Å². The Labute approximate surface area is 223 Å². The normalized spacial score (nSPS) is 8.00. The van der Waals surface area contributed by atoms with E-state index in [1.165, 1.54) is 0 Å². The van der Waals surface area contributed by atoms with Crippen LogP contribution in [0.15, 0.2) is 24.3 Å². The summed E-state index contributed by atoms with van der Waals surface area (Å²) in [6, 6.07) is 5.08. The molecule has 0 aromatic heterocycles. The van der Waals surface area contributed by atoms with Gasteiger partial charge in [0.25, 0.3) is 0 Å². The molecule has 0 amide bonds. The summed E-state index contributed by atoms with van der Waals surface area (Å²) < 4.78 is 9.46. The number of methoxy groups -OCH3 is 2. The third-order valence-electron chi connectivity index (χ3n) is 1.65. The smallest absolute Gasteiger partial charge is 0.582 e. The summed E-state index contributed by atoms with van der Waals surface area (Å²) in [5.41, 5.74) is 0.637. The summed E-state index contributed by atoms with van der Waals surface area (Å²) in [4.78, 5) is 9.95. The van der Waals surface area contributed by atoms with E-state index >= 15 is 0 Å². The Morgan fingerprint density at radius 1 is 1.38 bits per heavy atom. The number of ether oxygens (including phenoxy) is 2. The van der Waals surface area contributed by atoms with Crippen LogP contribution in [0.4, 0.5) is 0 Å². The second kappa shape index (κ2) is 24.3. The molecule has 0 aliphatic carbocycles. The second-order valence-electron chi connectivity index (χ2n) is 2.74. The van der Waals surface area contributed by atoms with Gasteiger partial charge >= 0.3 is 103 Å². The van der Waals surface area contributed by atoms with E-state index in [-0.39, 0.29) is 103 Å². The van der Waals surface area contributed by atoms with Gasteiger partial charge in [0.2, 0.25) is 0 Å². The molecule has 0 spiro atoms. The number of benzene rings is 1. The predicted molar refractivity (Wildman–Crippen MR) is 81.5 cm³/mol. The van der Waals surface area contributed by atoms with Crippen molar-refractivity contribution in [2.75, 3.05) is 20.8 Å². The molecule has 1 rings (SSSR count). The van der Waals surface area contributed by atoms with Crippen molar-refractivity contribution in [1.82, 2.24) is 0 Å². The molecule has 0 unspecified atom stereocenters. The number of hydrogen-bond donors (Lipinski definition) is 0. The molecular formula is C14H15ClK2O3S-2. The van der Waals surface area contributed by atoms with Gasteiger partial charge in [0.05, 0.1) is 7.11 Å². The largest absolute Gasteiger partial charge is 1.00 e. The van der Waals surface area contributed by atoms with E-state index in [4.69, 9.17) is 16.3 Å². The third-order valence-corrected chi connectivity index (χ3v) is 1.89. The molecule has 0 heterocycles. The molecule has 0 aliphatic rings. The first-order valence-corrected chi connectivity index (χ1v) is 5.85. The van der Waals surface area contributed by atoms with Gasteiger partial charge in [-0.1, -0.05) is 12.7 Å². The van der Waals surface area contributed by atoms with E-state index in [0.29, 0.717) is 22.9 Å². The van der Waals surface area contributed by atoms with Gasteiger partial charge in [-0.3, -0.25) is 6.08 Å². The van der Waals surface area contributed by atoms with Crippen LogP contribution in [0.3, 0.4) is 0 Å². The molecule has 0 radical (unpaired) electrons. The van der Waals surface area contributed by atoms with Crippen LogP contribution in [0, 0.1) is 13.0 Å². The zero-order chi connectivity index (χ0) is 15.1. The Kier molecular flexibility index (Phi) is 35.7. The number of thiocarbonyl (C=S) groups is 1. The van der Waals surface area contributed by atoms with Crippen molar-refractivity contribution in [3.05, 3.63) is 47.9 Å². The Balaban J connectivity index is -0.000000158. The third kappa shape index (κ3) is 18.2. The molecule has 106 valence electrons. The SMILES string of the molecule is COc1ccc(Cl)cc1[C-]=C[C-]=O.[CH-]=S.[CH2-]COC.[K+].[K+]. The minimum Gasteiger partial charge on any atom is -0.582 e.